The summed E-state index contributed by atoms with van der Waals surface area (Å²) in [5.74, 6) is 1.53. The lowest BCUT2D eigenvalue weighted by atomic mass is 9.99. The molecule has 2 aliphatic rings. The minimum atomic E-state index is -0.224. The van der Waals surface area contributed by atoms with Gasteiger partial charge in [-0.3, -0.25) is 9.69 Å². The predicted molar refractivity (Wildman–Crippen MR) is 123 cm³/mol. The number of rotatable bonds is 4. The molecule has 0 atom stereocenters. The Kier molecular flexibility index (Phi) is 5.42. The number of piperazine rings is 1. The molecule has 0 saturated carbocycles. The van der Waals surface area contributed by atoms with E-state index in [0.29, 0.717) is 66.6 Å². The van der Waals surface area contributed by atoms with Gasteiger partial charge in [0.2, 0.25) is 5.78 Å². The van der Waals surface area contributed by atoms with Gasteiger partial charge in [0.1, 0.15) is 28.8 Å². The Morgan fingerprint density at radius 2 is 1.85 bits per heavy atom. The maximum absolute atomic E-state index is 14.1. The molecular formula is C26H25FN2O4. The average molecular weight is 448 g/mol. The van der Waals surface area contributed by atoms with Gasteiger partial charge in [0.15, 0.2) is 5.76 Å². The van der Waals surface area contributed by atoms with Gasteiger partial charge in [-0.25, -0.2) is 4.39 Å². The summed E-state index contributed by atoms with van der Waals surface area (Å²) in [6, 6.07) is 12.0. The number of Topliss-reactive ketones (excluding diaryl/α,β-unsaturated/α-hetero) is 1. The number of benzene rings is 2. The number of phenols is 1. The molecule has 1 saturated heterocycles. The van der Waals surface area contributed by atoms with Crippen LogP contribution in [0.15, 0.2) is 52.6 Å². The average Bonchev–Trinajstić information content (AvgIpc) is 3.35. The highest BCUT2D eigenvalue weighted by Gasteiger charge is 2.34. The molecule has 5 rings (SSSR count). The number of aryl methyl sites for hydroxylation is 2. The molecule has 170 valence electrons. The van der Waals surface area contributed by atoms with Crippen molar-refractivity contribution in [3.05, 3.63) is 82.3 Å². The maximum Gasteiger partial charge on any atom is 0.232 e. The first-order valence-corrected chi connectivity index (χ1v) is 11.0. The first kappa shape index (κ1) is 21.3. The maximum atomic E-state index is 14.1. The van der Waals surface area contributed by atoms with Gasteiger partial charge in [-0.2, -0.15) is 0 Å². The van der Waals surface area contributed by atoms with Crippen LogP contribution in [0.2, 0.25) is 0 Å². The van der Waals surface area contributed by atoms with Crippen LogP contribution in [-0.2, 0) is 6.54 Å². The van der Waals surface area contributed by atoms with E-state index in [1.54, 1.807) is 37.3 Å². The number of allylic oxidation sites excluding steroid dienone is 1. The van der Waals surface area contributed by atoms with Gasteiger partial charge >= 0.3 is 0 Å². The number of hydrogen-bond donors (Lipinski definition) is 1. The molecule has 1 N–H and O–H groups in total. The lowest BCUT2D eigenvalue weighted by Gasteiger charge is -2.36. The van der Waals surface area contributed by atoms with Crippen molar-refractivity contribution in [3.8, 4) is 11.5 Å². The van der Waals surface area contributed by atoms with E-state index in [9.17, 15) is 14.3 Å². The van der Waals surface area contributed by atoms with Crippen molar-refractivity contribution in [3.63, 3.8) is 0 Å². The minimum Gasteiger partial charge on any atom is -0.507 e. The number of carbonyl (C=O) groups is 1. The summed E-state index contributed by atoms with van der Waals surface area (Å²) >= 11 is 0. The summed E-state index contributed by atoms with van der Waals surface area (Å²) in [6.07, 6.45) is 1.59. The Labute approximate surface area is 191 Å². The predicted octanol–water partition coefficient (Wildman–Crippen LogP) is 4.68. The van der Waals surface area contributed by atoms with Crippen LogP contribution in [0.5, 0.6) is 11.5 Å². The quantitative estimate of drug-likeness (QED) is 0.585. The van der Waals surface area contributed by atoms with E-state index in [0.717, 1.165) is 5.76 Å². The first-order chi connectivity index (χ1) is 15.9. The topological polar surface area (TPSA) is 66.2 Å². The molecule has 0 radical (unpaired) electrons. The molecule has 0 bridgehead atoms. The van der Waals surface area contributed by atoms with Gasteiger partial charge in [-0.05, 0) is 49.7 Å². The van der Waals surface area contributed by atoms with Crippen molar-refractivity contribution in [1.29, 1.82) is 0 Å². The Morgan fingerprint density at radius 3 is 2.55 bits per heavy atom. The summed E-state index contributed by atoms with van der Waals surface area (Å²) in [5, 5.41) is 10.7. The molecule has 0 spiro atoms. The SMILES string of the molecule is Cc1ccc(/C=C2\Oc3c(CN4CCN(c5ccccc5F)CC4)c(O)cc(C)c3C2=O)o1. The summed E-state index contributed by atoms with van der Waals surface area (Å²) in [4.78, 5) is 17.2. The molecule has 33 heavy (non-hydrogen) atoms. The van der Waals surface area contributed by atoms with Crippen LogP contribution >= 0.6 is 0 Å². The number of halogens is 1. The molecule has 0 amide bonds. The highest BCUT2D eigenvalue weighted by atomic mass is 19.1. The van der Waals surface area contributed by atoms with Crippen LogP contribution in [0.4, 0.5) is 10.1 Å². The second kappa shape index (κ2) is 8.41. The van der Waals surface area contributed by atoms with Crippen LogP contribution in [0.25, 0.3) is 6.08 Å². The number of aromatic hydroxyl groups is 1. The van der Waals surface area contributed by atoms with E-state index in [4.69, 9.17) is 9.15 Å². The third kappa shape index (κ3) is 4.00. The lowest BCUT2D eigenvalue weighted by molar-refractivity contribution is 0.101. The fourth-order valence-corrected chi connectivity index (χ4v) is 4.47. The molecule has 2 aromatic carbocycles. The van der Waals surface area contributed by atoms with Crippen molar-refractivity contribution in [2.75, 3.05) is 31.1 Å². The molecule has 3 heterocycles. The number of furan rings is 1. The largest absolute Gasteiger partial charge is 0.507 e. The van der Waals surface area contributed by atoms with Gasteiger partial charge in [0.05, 0.1) is 16.8 Å². The van der Waals surface area contributed by atoms with Gasteiger partial charge in [0, 0.05) is 38.8 Å². The van der Waals surface area contributed by atoms with Crippen LogP contribution in [0, 0.1) is 19.7 Å². The number of anilines is 1. The second-order valence-corrected chi connectivity index (χ2v) is 8.50. The van der Waals surface area contributed by atoms with Crippen LogP contribution in [-0.4, -0.2) is 42.0 Å². The standard InChI is InChI=1S/C26H25FN2O4/c1-16-13-22(30)19(15-28-9-11-29(12-10-28)21-6-4-3-5-20(21)27)26-24(16)25(31)23(33-26)14-18-8-7-17(2)32-18/h3-8,13-14,30H,9-12,15H2,1-2H3/b23-14-. The molecule has 0 aliphatic carbocycles. The van der Waals surface area contributed by atoms with E-state index in [2.05, 4.69) is 4.90 Å². The van der Waals surface area contributed by atoms with Gasteiger partial charge in [0.25, 0.3) is 0 Å². The molecule has 0 unspecified atom stereocenters. The zero-order valence-electron chi connectivity index (χ0n) is 18.6. The first-order valence-electron chi connectivity index (χ1n) is 11.0. The van der Waals surface area contributed by atoms with E-state index >= 15 is 0 Å². The van der Waals surface area contributed by atoms with Gasteiger partial charge in [-0.15, -0.1) is 0 Å². The van der Waals surface area contributed by atoms with E-state index < -0.39 is 0 Å². The molecule has 7 heteroatoms. The summed E-state index contributed by atoms with van der Waals surface area (Å²) < 4.78 is 25.7. The Balaban J connectivity index is 1.36. The highest BCUT2D eigenvalue weighted by molar-refractivity contribution is 6.15. The zero-order valence-corrected chi connectivity index (χ0v) is 18.6. The summed E-state index contributed by atoms with van der Waals surface area (Å²) in [7, 11) is 0. The van der Waals surface area contributed by atoms with Crippen molar-refractivity contribution < 1.29 is 23.4 Å². The Hall–Kier alpha value is -3.58. The molecule has 3 aromatic rings. The molecule has 1 fully saturated rings. The number of nitrogens with zero attached hydrogens (tertiary/aromatic N) is 2. The molecular weight excluding hydrogens is 423 g/mol. The van der Waals surface area contributed by atoms with Crippen LogP contribution in [0.1, 0.15) is 33.0 Å². The normalized spacial score (nSPS) is 17.5. The Bertz CT molecular complexity index is 1260. The third-order valence-corrected chi connectivity index (χ3v) is 6.20. The van der Waals surface area contributed by atoms with Crippen LogP contribution in [0.3, 0.4) is 0 Å². The fraction of sp³-hybridized carbons (Fsp3) is 0.269. The van der Waals surface area contributed by atoms with Gasteiger partial charge < -0.3 is 19.2 Å². The Morgan fingerprint density at radius 1 is 1.09 bits per heavy atom. The van der Waals surface area contributed by atoms with Gasteiger partial charge in [-0.1, -0.05) is 12.1 Å². The van der Waals surface area contributed by atoms with E-state index in [-0.39, 0.29) is 23.1 Å². The highest BCUT2D eigenvalue weighted by Crippen LogP contribution is 2.42. The number of fused-ring (bicyclic) bond motifs is 1. The monoisotopic (exact) mass is 448 g/mol. The van der Waals surface area contributed by atoms with E-state index in [1.807, 2.05) is 24.0 Å². The third-order valence-electron chi connectivity index (χ3n) is 6.20. The zero-order chi connectivity index (χ0) is 23.1. The molecule has 6 nitrogen and oxygen atoms in total. The number of ketones is 1. The number of para-hydroxylation sites is 1. The summed E-state index contributed by atoms with van der Waals surface area (Å²) in [5.41, 5.74) is 2.33. The summed E-state index contributed by atoms with van der Waals surface area (Å²) in [6.45, 7) is 6.77. The second-order valence-electron chi connectivity index (χ2n) is 8.50. The van der Waals surface area contributed by atoms with E-state index in [1.165, 1.54) is 6.07 Å². The fourth-order valence-electron chi connectivity index (χ4n) is 4.47. The smallest absolute Gasteiger partial charge is 0.232 e. The number of phenolic OH excluding ortho intramolecular Hbond substituents is 1. The number of hydrogen-bond acceptors (Lipinski definition) is 6. The van der Waals surface area contributed by atoms with Crippen molar-refractivity contribution in [2.24, 2.45) is 0 Å². The molecule has 2 aliphatic heterocycles. The number of carbonyl (C=O) groups excluding carboxylic acids is 1. The van der Waals surface area contributed by atoms with Crippen molar-refractivity contribution >= 4 is 17.5 Å². The van der Waals surface area contributed by atoms with Crippen molar-refractivity contribution in [1.82, 2.24) is 4.90 Å². The lowest BCUT2D eigenvalue weighted by Crippen LogP contribution is -2.46. The van der Waals surface area contributed by atoms with Crippen LogP contribution < -0.4 is 9.64 Å². The minimum absolute atomic E-state index is 0.102. The molecule has 1 aromatic heterocycles. The number of ether oxygens (including phenoxy) is 1. The van der Waals surface area contributed by atoms with Crippen molar-refractivity contribution in [2.45, 2.75) is 20.4 Å².